The zero-order valence-corrected chi connectivity index (χ0v) is 19.9. The molecule has 0 unspecified atom stereocenters. The number of carbonyl (C=O) groups excluding carboxylic acids is 4. The van der Waals surface area contributed by atoms with Crippen LogP contribution < -0.4 is 20.1 Å². The van der Waals surface area contributed by atoms with Crippen LogP contribution >= 0.6 is 0 Å². The van der Waals surface area contributed by atoms with Crippen molar-refractivity contribution < 1.29 is 38.1 Å². The van der Waals surface area contributed by atoms with E-state index in [0.717, 1.165) is 5.39 Å². The summed E-state index contributed by atoms with van der Waals surface area (Å²) in [5, 5.41) is 6.28. The maximum atomic E-state index is 12.3. The zero-order chi connectivity index (χ0) is 26.0. The van der Waals surface area contributed by atoms with Gasteiger partial charge in [0.1, 0.15) is 24.7 Å². The highest BCUT2D eigenvalue weighted by atomic mass is 16.6. The Morgan fingerprint density at radius 2 is 1.31 bits per heavy atom. The van der Waals surface area contributed by atoms with E-state index in [1.165, 1.54) is 13.8 Å². The first-order valence-corrected chi connectivity index (χ1v) is 10.7. The number of esters is 2. The van der Waals surface area contributed by atoms with Crippen molar-refractivity contribution in [2.75, 3.05) is 26.3 Å². The predicted molar refractivity (Wildman–Crippen MR) is 128 cm³/mol. The Morgan fingerprint density at radius 3 is 1.86 bits per heavy atom. The van der Waals surface area contributed by atoms with Gasteiger partial charge in [-0.3, -0.25) is 0 Å². The molecule has 0 saturated heterocycles. The van der Waals surface area contributed by atoms with Crippen molar-refractivity contribution in [2.24, 2.45) is 0 Å². The summed E-state index contributed by atoms with van der Waals surface area (Å²) in [6, 6.07) is 8.51. The van der Waals surface area contributed by atoms with Crippen LogP contribution in [-0.4, -0.2) is 50.4 Å². The molecule has 10 heteroatoms. The Morgan fingerprint density at radius 1 is 0.800 bits per heavy atom. The predicted octanol–water partition coefficient (Wildman–Crippen LogP) is 3.56. The molecular weight excluding hydrogens is 456 g/mol. The van der Waals surface area contributed by atoms with Gasteiger partial charge in [0.25, 0.3) is 0 Å². The number of amides is 2. The van der Waals surface area contributed by atoms with Crippen LogP contribution in [0.4, 0.5) is 9.59 Å². The number of benzene rings is 2. The second-order valence-electron chi connectivity index (χ2n) is 7.56. The summed E-state index contributed by atoms with van der Waals surface area (Å²) in [7, 11) is 0. The number of hydrogen-bond acceptors (Lipinski definition) is 8. The third-order valence-corrected chi connectivity index (χ3v) is 4.45. The molecule has 186 valence electrons. The summed E-state index contributed by atoms with van der Waals surface area (Å²) >= 11 is 0. The van der Waals surface area contributed by atoms with Crippen LogP contribution in [0.15, 0.2) is 54.6 Å². The van der Waals surface area contributed by atoms with E-state index in [9.17, 15) is 19.2 Å². The minimum absolute atomic E-state index is 0.0306. The van der Waals surface area contributed by atoms with Gasteiger partial charge in [-0.25, -0.2) is 19.2 Å². The summed E-state index contributed by atoms with van der Waals surface area (Å²) < 4.78 is 20.6. The number of nitrogens with one attached hydrogen (secondary N) is 2. The van der Waals surface area contributed by atoms with Gasteiger partial charge in [0, 0.05) is 16.5 Å². The first-order valence-electron chi connectivity index (χ1n) is 10.7. The van der Waals surface area contributed by atoms with Crippen molar-refractivity contribution in [2.45, 2.75) is 20.8 Å². The lowest BCUT2D eigenvalue weighted by Crippen LogP contribution is -2.31. The fraction of sp³-hybridized carbons (Fsp3) is 0.280. The van der Waals surface area contributed by atoms with Gasteiger partial charge >= 0.3 is 24.1 Å². The van der Waals surface area contributed by atoms with Crippen LogP contribution in [0.1, 0.15) is 19.4 Å². The van der Waals surface area contributed by atoms with Crippen molar-refractivity contribution in [3.05, 3.63) is 60.2 Å². The van der Waals surface area contributed by atoms with Gasteiger partial charge in [0.05, 0.1) is 13.1 Å². The molecule has 10 nitrogen and oxygen atoms in total. The molecule has 2 aromatic rings. The van der Waals surface area contributed by atoms with Crippen LogP contribution in [0.5, 0.6) is 11.5 Å². The summed E-state index contributed by atoms with van der Waals surface area (Å²) in [6.45, 7) is 11.8. The smallest absolute Gasteiger partial charge is 0.412 e. The second-order valence-corrected chi connectivity index (χ2v) is 7.56. The minimum Gasteiger partial charge on any atom is -0.460 e. The maximum absolute atomic E-state index is 12.3. The molecule has 0 fully saturated rings. The van der Waals surface area contributed by atoms with E-state index in [1.54, 1.807) is 31.2 Å². The molecule has 2 N–H and O–H groups in total. The van der Waals surface area contributed by atoms with E-state index < -0.39 is 24.1 Å². The Balaban J connectivity index is 1.98. The molecule has 0 aliphatic rings. The van der Waals surface area contributed by atoms with Crippen molar-refractivity contribution in [3.8, 4) is 11.5 Å². The van der Waals surface area contributed by atoms with Gasteiger partial charge in [0.2, 0.25) is 0 Å². The number of aryl methyl sites for hydroxylation is 1. The molecule has 0 aliphatic carbocycles. The van der Waals surface area contributed by atoms with Gasteiger partial charge in [-0.15, -0.1) is 0 Å². The normalized spacial score (nSPS) is 10.1. The van der Waals surface area contributed by atoms with Crippen molar-refractivity contribution >= 4 is 34.9 Å². The summed E-state index contributed by atoms with van der Waals surface area (Å²) in [5.74, 6) is -0.586. The third kappa shape index (κ3) is 8.50. The van der Waals surface area contributed by atoms with Crippen molar-refractivity contribution in [1.82, 2.24) is 10.6 Å². The number of hydrogen-bond donors (Lipinski definition) is 2. The van der Waals surface area contributed by atoms with E-state index in [4.69, 9.17) is 18.9 Å². The summed E-state index contributed by atoms with van der Waals surface area (Å²) in [5.41, 5.74) is 1.20. The molecule has 0 aromatic heterocycles. The SMILES string of the molecule is C=C(C)C(=O)OCCNC(=O)Oc1ccc2ccc(C)c(OC(=O)NCCOC(=O)C(=C)C)c2c1. The molecule has 2 rings (SSSR count). The quantitative estimate of drug-likeness (QED) is 0.298. The average molecular weight is 485 g/mol. The number of carbonyl (C=O) groups is 4. The Kier molecular flexibility index (Phi) is 9.83. The summed E-state index contributed by atoms with van der Waals surface area (Å²) in [6.07, 6.45) is -1.48. The maximum Gasteiger partial charge on any atom is 0.412 e. The lowest BCUT2D eigenvalue weighted by Gasteiger charge is -2.13. The van der Waals surface area contributed by atoms with E-state index in [2.05, 4.69) is 23.8 Å². The van der Waals surface area contributed by atoms with E-state index in [0.29, 0.717) is 10.9 Å². The topological polar surface area (TPSA) is 129 Å². The van der Waals surface area contributed by atoms with Crippen LogP contribution in [0.2, 0.25) is 0 Å². The monoisotopic (exact) mass is 484 g/mol. The molecular formula is C25H28N2O8. The Bertz CT molecular complexity index is 1160. The van der Waals surface area contributed by atoms with Crippen LogP contribution in [0.3, 0.4) is 0 Å². The molecule has 0 radical (unpaired) electrons. The molecule has 2 amide bonds. The molecule has 0 spiro atoms. The Labute approximate surface area is 202 Å². The molecule has 2 aromatic carbocycles. The highest BCUT2D eigenvalue weighted by molar-refractivity contribution is 5.93. The molecule has 0 aliphatic heterocycles. The lowest BCUT2D eigenvalue weighted by molar-refractivity contribution is -0.139. The number of ether oxygens (including phenoxy) is 4. The molecule has 0 heterocycles. The lowest BCUT2D eigenvalue weighted by atomic mass is 10.1. The van der Waals surface area contributed by atoms with E-state index in [1.807, 2.05) is 6.07 Å². The van der Waals surface area contributed by atoms with Crippen LogP contribution in [0, 0.1) is 6.92 Å². The largest absolute Gasteiger partial charge is 0.460 e. The number of rotatable bonds is 10. The van der Waals surface area contributed by atoms with Gasteiger partial charge < -0.3 is 29.6 Å². The highest BCUT2D eigenvalue weighted by Gasteiger charge is 2.14. The molecule has 0 bridgehead atoms. The minimum atomic E-state index is -0.743. The standard InChI is InChI=1S/C25H28N2O8/c1-15(2)22(28)32-12-10-26-24(30)34-19-9-8-18-7-6-17(5)21(20(18)14-19)35-25(31)27-11-13-33-23(29)16(3)4/h6-9,14H,1,3,10-13H2,2,4-5H3,(H,26,30)(H,27,31). The fourth-order valence-corrected chi connectivity index (χ4v) is 2.69. The van der Waals surface area contributed by atoms with E-state index >= 15 is 0 Å². The third-order valence-electron chi connectivity index (χ3n) is 4.45. The van der Waals surface area contributed by atoms with Crippen molar-refractivity contribution in [1.29, 1.82) is 0 Å². The first kappa shape index (κ1) is 26.9. The van der Waals surface area contributed by atoms with Crippen molar-refractivity contribution in [3.63, 3.8) is 0 Å². The van der Waals surface area contributed by atoms with Crippen LogP contribution in [0.25, 0.3) is 10.8 Å². The molecule has 0 saturated carbocycles. The average Bonchev–Trinajstić information content (AvgIpc) is 2.81. The van der Waals surface area contributed by atoms with Gasteiger partial charge in [0.15, 0.2) is 0 Å². The van der Waals surface area contributed by atoms with E-state index in [-0.39, 0.29) is 48.9 Å². The van der Waals surface area contributed by atoms with Crippen LogP contribution in [-0.2, 0) is 19.1 Å². The molecule has 0 atom stereocenters. The van der Waals surface area contributed by atoms with Gasteiger partial charge in [-0.1, -0.05) is 31.4 Å². The fourth-order valence-electron chi connectivity index (χ4n) is 2.69. The summed E-state index contributed by atoms with van der Waals surface area (Å²) in [4.78, 5) is 47.0. The highest BCUT2D eigenvalue weighted by Crippen LogP contribution is 2.32. The zero-order valence-electron chi connectivity index (χ0n) is 19.9. The molecule has 35 heavy (non-hydrogen) atoms. The second kappa shape index (κ2) is 12.8. The first-order chi connectivity index (χ1) is 16.6. The van der Waals surface area contributed by atoms with Gasteiger partial charge in [-0.05, 0) is 43.9 Å². The van der Waals surface area contributed by atoms with Gasteiger partial charge in [-0.2, -0.15) is 0 Å². The Hall–Kier alpha value is -4.34. The number of fused-ring (bicyclic) bond motifs is 1.